The third-order valence-electron chi connectivity index (χ3n) is 11.4. The molecule has 0 aliphatic heterocycles. The van der Waals surface area contributed by atoms with Gasteiger partial charge < -0.3 is 5.11 Å². The van der Waals surface area contributed by atoms with Crippen molar-refractivity contribution < 1.29 is 44.0 Å². The van der Waals surface area contributed by atoms with Crippen LogP contribution in [0.4, 0.5) is 0 Å². The van der Waals surface area contributed by atoms with Crippen LogP contribution in [0.2, 0.25) is 0 Å². The quantitative estimate of drug-likeness (QED) is 0.154. The monoisotopic (exact) mass is 1040 g/mol. The third kappa shape index (κ3) is 9.45. The first-order chi connectivity index (χ1) is 35.2. The summed E-state index contributed by atoms with van der Waals surface area (Å²) < 4.78 is 113. The average Bonchev–Trinajstić information content (AvgIpc) is 3.72. The van der Waals surface area contributed by atoms with Gasteiger partial charge in [0.05, 0.1) is 27.8 Å². The van der Waals surface area contributed by atoms with Crippen molar-refractivity contribution in [2.45, 2.75) is 106 Å². The normalized spacial score (nSPS) is 15.8. The van der Waals surface area contributed by atoms with Crippen LogP contribution in [0.5, 0.6) is 5.75 Å². The number of fused-ring (bicyclic) bond motifs is 1. The van der Waals surface area contributed by atoms with E-state index in [1.54, 1.807) is 6.07 Å². The number of para-hydroxylation sites is 1. The molecule has 0 amide bonds. The van der Waals surface area contributed by atoms with E-state index in [0.29, 0.717) is 39.6 Å². The van der Waals surface area contributed by atoms with Gasteiger partial charge in [0.15, 0.2) is 0 Å². The summed E-state index contributed by atoms with van der Waals surface area (Å²) in [7, 11) is 0. The number of benzene rings is 6. The predicted octanol–water partition coefficient (Wildman–Crippen LogP) is 15.7. The molecule has 0 aliphatic carbocycles. The first kappa shape index (κ1) is 32.1. The number of aryl methyl sites for hydroxylation is 1. The Hall–Kier alpha value is -5.57. The maximum absolute atomic E-state index is 12.3. The number of phenolic OH excluding ortho intramolecular Hbond substituents is 1. The second kappa shape index (κ2) is 17.8. The summed E-state index contributed by atoms with van der Waals surface area (Å²) in [6.45, 7) is 7.39. The molecule has 0 unspecified atom stereocenters. The molecule has 8 aromatic rings. The molecule has 1 N–H and O–H groups in total. The molecule has 330 valence electrons. The van der Waals surface area contributed by atoms with Gasteiger partial charge in [0.25, 0.3) is 0 Å². The van der Waals surface area contributed by atoms with E-state index >= 15 is 0 Å². The van der Waals surface area contributed by atoms with E-state index in [1.165, 1.54) is 17.8 Å². The Morgan fingerprint density at radius 2 is 1.41 bits per heavy atom. The summed E-state index contributed by atoms with van der Waals surface area (Å²) in [5, 5.41) is 12.3. The Kier molecular flexibility index (Phi) is 8.93. The van der Waals surface area contributed by atoms with Crippen LogP contribution in [0.3, 0.4) is 0 Å². The molecule has 2 aromatic heterocycles. The van der Waals surface area contributed by atoms with Crippen molar-refractivity contribution in [3.05, 3.63) is 167 Å². The van der Waals surface area contributed by atoms with Gasteiger partial charge in [-0.25, -0.2) is 4.98 Å². The van der Waals surface area contributed by atoms with Crippen molar-refractivity contribution in [1.82, 2.24) is 14.5 Å². The zero-order chi connectivity index (χ0) is 56.0. The Bertz CT molecular complexity index is 3480. The minimum atomic E-state index is -3.81. The molecule has 0 fully saturated rings. The van der Waals surface area contributed by atoms with Crippen LogP contribution in [0.1, 0.15) is 122 Å². The van der Waals surface area contributed by atoms with Crippen LogP contribution in [-0.2, 0) is 43.7 Å². The molecular weight excluding hydrogens is 962 g/mol. The molecule has 4 nitrogen and oxygen atoms in total. The van der Waals surface area contributed by atoms with Crippen LogP contribution in [0.25, 0.3) is 72.7 Å². The standard InChI is InChI=1S/C59H62N3O.Pt/c1-37(2)29-39-21-26-52(48(32-39)41-17-14-13-15-18-41)62-53-20-16-19-47(54(53)61-56(62)49-30-38(3)31-50(55(49)63)59(10,11)12)43-33-44(35-46(34-43)58(7,8)9)51-36-42(27-28-60-51)40-22-24-45(25-23-40)57(4,5)6;/h13-28,30-32,34-37,63H,29H2,1-12H3;/q-1;/i4D3,5D3,6D3,22D,23D,24D,25D;. The molecule has 0 radical (unpaired) electrons. The molecule has 6 aromatic carbocycles. The number of hydrogen-bond acceptors (Lipinski definition) is 3. The summed E-state index contributed by atoms with van der Waals surface area (Å²) >= 11 is 0. The Labute approximate surface area is 414 Å². The van der Waals surface area contributed by atoms with Crippen molar-refractivity contribution in [3.8, 4) is 67.5 Å². The number of aromatic hydroxyl groups is 1. The average molecular weight is 1040 g/mol. The van der Waals surface area contributed by atoms with Crippen molar-refractivity contribution in [2.24, 2.45) is 5.92 Å². The Balaban J connectivity index is 0.00000861. The molecular formula is C59H62N3OPt-. The van der Waals surface area contributed by atoms with Gasteiger partial charge in [0.2, 0.25) is 0 Å². The molecule has 64 heavy (non-hydrogen) atoms. The largest absolute Gasteiger partial charge is 0.507 e. The Morgan fingerprint density at radius 3 is 2.08 bits per heavy atom. The molecule has 8 rings (SSSR count). The molecule has 0 aliphatic rings. The minimum absolute atomic E-state index is 0. The number of phenols is 1. The maximum atomic E-state index is 12.3. The number of rotatable bonds is 8. The van der Waals surface area contributed by atoms with Gasteiger partial charge in [-0.05, 0) is 99.2 Å². The molecule has 2 heterocycles. The summed E-state index contributed by atoms with van der Waals surface area (Å²) in [6, 6.07) is 33.4. The summed E-state index contributed by atoms with van der Waals surface area (Å²) in [5.74, 6) is 1.08. The summed E-state index contributed by atoms with van der Waals surface area (Å²) in [6.07, 6.45) is 2.30. The zero-order valence-electron chi connectivity index (χ0n) is 50.8. The van der Waals surface area contributed by atoms with Gasteiger partial charge in [0.1, 0.15) is 11.6 Å². The summed E-state index contributed by atoms with van der Waals surface area (Å²) in [5.41, 5.74) is 4.80. The third-order valence-corrected chi connectivity index (χ3v) is 11.4. The number of aromatic nitrogens is 3. The van der Waals surface area contributed by atoms with E-state index in [0.717, 1.165) is 51.0 Å². The fourth-order valence-corrected chi connectivity index (χ4v) is 8.15. The van der Waals surface area contributed by atoms with Crippen molar-refractivity contribution in [1.29, 1.82) is 0 Å². The van der Waals surface area contributed by atoms with E-state index in [2.05, 4.69) is 96.4 Å². The van der Waals surface area contributed by atoms with Crippen LogP contribution < -0.4 is 0 Å². The molecule has 0 atom stereocenters. The molecule has 5 heteroatoms. The zero-order valence-corrected chi connectivity index (χ0v) is 40.1. The van der Waals surface area contributed by atoms with Crippen molar-refractivity contribution in [3.63, 3.8) is 0 Å². The second-order valence-corrected chi connectivity index (χ2v) is 19.1. The number of imidazole rings is 1. The maximum Gasteiger partial charge on any atom is 0.148 e. The second-order valence-electron chi connectivity index (χ2n) is 19.1. The fraction of sp³-hybridized carbons (Fsp3) is 0.288. The SMILES string of the molecule is [2H]c1c([2H])c(C(C([2H])([2H])[2H])(C([2H])([2H])[2H])C([2H])([2H])[2H])c([2H])c([2H])c1-c1ccnc(-c2[c-]c(-c3cccc4c3nc(-c3cc(C)cc(C(C)(C)C)c3O)n4-c3ccc(CC(C)C)cc3-c3ccccc3)cc(C(C)(C)C)c2)c1.[Pt]. The minimum Gasteiger partial charge on any atom is -0.507 e. The van der Waals surface area contributed by atoms with E-state index in [1.807, 2.05) is 67.6 Å². The topological polar surface area (TPSA) is 50.9 Å². The molecule has 0 bridgehead atoms. The van der Waals surface area contributed by atoms with Gasteiger partial charge in [-0.1, -0.05) is 172 Å². The van der Waals surface area contributed by atoms with E-state index in [4.69, 9.17) is 27.8 Å². The van der Waals surface area contributed by atoms with Crippen molar-refractivity contribution >= 4 is 11.0 Å². The van der Waals surface area contributed by atoms with E-state index in [9.17, 15) is 5.11 Å². The number of nitrogens with zero attached hydrogens (tertiary/aromatic N) is 3. The smallest absolute Gasteiger partial charge is 0.148 e. The van der Waals surface area contributed by atoms with E-state index in [-0.39, 0.29) is 37.9 Å². The van der Waals surface area contributed by atoms with Gasteiger partial charge in [0, 0.05) is 56.4 Å². The summed E-state index contributed by atoms with van der Waals surface area (Å²) in [4.78, 5) is 10.2. The molecule has 0 spiro atoms. The van der Waals surface area contributed by atoms with Crippen LogP contribution in [0.15, 0.2) is 133 Å². The number of pyridine rings is 1. The number of hydrogen-bond donors (Lipinski definition) is 1. The van der Waals surface area contributed by atoms with Gasteiger partial charge in [-0.2, -0.15) is 0 Å². The predicted molar refractivity (Wildman–Crippen MR) is 266 cm³/mol. The van der Waals surface area contributed by atoms with Crippen LogP contribution >= 0.6 is 0 Å². The van der Waals surface area contributed by atoms with Gasteiger partial charge >= 0.3 is 0 Å². The van der Waals surface area contributed by atoms with Gasteiger partial charge in [-0.15, -0.1) is 29.3 Å². The van der Waals surface area contributed by atoms with E-state index < -0.39 is 66.5 Å². The van der Waals surface area contributed by atoms with Crippen molar-refractivity contribution in [2.75, 3.05) is 0 Å². The molecule has 0 saturated heterocycles. The van der Waals surface area contributed by atoms with Gasteiger partial charge in [-0.3, -0.25) is 9.55 Å². The van der Waals surface area contributed by atoms with Crippen LogP contribution in [-0.4, -0.2) is 19.6 Å². The first-order valence-electron chi connectivity index (χ1n) is 27.9. The van der Waals surface area contributed by atoms with Crippen LogP contribution in [0, 0.1) is 18.9 Å². The first-order valence-corrected chi connectivity index (χ1v) is 21.4. The fourth-order valence-electron chi connectivity index (χ4n) is 8.15. The molecule has 0 saturated carbocycles. The Morgan fingerprint density at radius 1 is 0.688 bits per heavy atom.